The number of hydrogen-bond acceptors (Lipinski definition) is 5. The summed E-state index contributed by atoms with van der Waals surface area (Å²) in [6.45, 7) is 2.34. The van der Waals surface area contributed by atoms with Crippen molar-refractivity contribution >= 4 is 11.8 Å². The molecule has 4 rings (SSSR count). The highest BCUT2D eigenvalue weighted by molar-refractivity contribution is 5.95. The monoisotopic (exact) mass is 424 g/mol. The molecular weight excluding hydrogens is 396 g/mol. The molecule has 7 nitrogen and oxygen atoms in total. The highest BCUT2D eigenvalue weighted by Crippen LogP contribution is 2.41. The Labute approximate surface area is 182 Å². The average molecular weight is 424 g/mol. The van der Waals surface area contributed by atoms with Crippen LogP contribution in [0.15, 0.2) is 48.5 Å². The number of nitrogens with zero attached hydrogens (tertiary/aromatic N) is 2. The minimum atomic E-state index is -0.169. The van der Waals surface area contributed by atoms with Crippen molar-refractivity contribution in [2.45, 2.75) is 12.5 Å². The highest BCUT2D eigenvalue weighted by atomic mass is 16.5. The number of carbonyl (C=O) groups excluding carboxylic acids is 2. The Morgan fingerprint density at radius 3 is 2.65 bits per heavy atom. The van der Waals surface area contributed by atoms with Crippen molar-refractivity contribution < 1.29 is 23.8 Å². The Hall–Kier alpha value is -3.06. The molecule has 7 heteroatoms. The van der Waals surface area contributed by atoms with Gasteiger partial charge in [-0.25, -0.2) is 0 Å². The number of methoxy groups -OCH3 is 2. The molecule has 0 N–H and O–H groups in total. The van der Waals surface area contributed by atoms with Gasteiger partial charge in [0, 0.05) is 50.2 Å². The van der Waals surface area contributed by atoms with E-state index in [0.29, 0.717) is 44.2 Å². The van der Waals surface area contributed by atoms with Crippen molar-refractivity contribution in [1.82, 2.24) is 9.80 Å². The number of amides is 2. The van der Waals surface area contributed by atoms with Gasteiger partial charge < -0.3 is 24.0 Å². The summed E-state index contributed by atoms with van der Waals surface area (Å²) in [4.78, 5) is 30.1. The molecule has 1 saturated heterocycles. The van der Waals surface area contributed by atoms with E-state index in [1.807, 2.05) is 34.1 Å². The van der Waals surface area contributed by atoms with Gasteiger partial charge >= 0.3 is 0 Å². The van der Waals surface area contributed by atoms with E-state index in [0.717, 1.165) is 11.3 Å². The second-order valence-electron chi connectivity index (χ2n) is 7.86. The third kappa shape index (κ3) is 4.37. The molecular formula is C24H28N2O5. The Kier molecular flexibility index (Phi) is 6.42. The zero-order chi connectivity index (χ0) is 21.8. The van der Waals surface area contributed by atoms with E-state index in [1.54, 1.807) is 38.5 Å². The smallest absolute Gasteiger partial charge is 0.254 e. The Morgan fingerprint density at radius 2 is 1.90 bits per heavy atom. The van der Waals surface area contributed by atoms with E-state index in [9.17, 15) is 9.59 Å². The molecule has 2 aliphatic heterocycles. The van der Waals surface area contributed by atoms with Gasteiger partial charge in [-0.05, 0) is 30.3 Å². The number of rotatable bonds is 5. The molecule has 2 heterocycles. The minimum Gasteiger partial charge on any atom is -0.497 e. The highest BCUT2D eigenvalue weighted by Gasteiger charge is 2.41. The van der Waals surface area contributed by atoms with Gasteiger partial charge in [-0.15, -0.1) is 0 Å². The van der Waals surface area contributed by atoms with Gasteiger partial charge in [0.1, 0.15) is 11.5 Å². The summed E-state index contributed by atoms with van der Waals surface area (Å²) in [5, 5.41) is 0. The molecule has 0 aromatic heterocycles. The molecule has 2 aromatic rings. The second-order valence-corrected chi connectivity index (χ2v) is 7.86. The van der Waals surface area contributed by atoms with Gasteiger partial charge in [0.25, 0.3) is 5.91 Å². The average Bonchev–Trinajstić information content (AvgIpc) is 2.81. The Balaban J connectivity index is 1.69. The van der Waals surface area contributed by atoms with Gasteiger partial charge in [-0.3, -0.25) is 9.59 Å². The molecule has 31 heavy (non-hydrogen) atoms. The molecule has 0 bridgehead atoms. The lowest BCUT2D eigenvalue weighted by molar-refractivity contribution is -0.135. The number of fused-ring (bicyclic) bond motifs is 3. The summed E-state index contributed by atoms with van der Waals surface area (Å²) in [6, 6.07) is 14.8. The fourth-order valence-corrected chi connectivity index (χ4v) is 4.42. The summed E-state index contributed by atoms with van der Waals surface area (Å²) in [6.07, 6.45) is 0.276. The Morgan fingerprint density at radius 1 is 1.13 bits per heavy atom. The lowest BCUT2D eigenvalue weighted by Gasteiger charge is -2.44. The van der Waals surface area contributed by atoms with E-state index in [4.69, 9.17) is 14.2 Å². The van der Waals surface area contributed by atoms with E-state index >= 15 is 0 Å². The first-order chi connectivity index (χ1) is 15.1. The third-order valence-electron chi connectivity index (χ3n) is 6.01. The van der Waals surface area contributed by atoms with Crippen molar-refractivity contribution in [3.63, 3.8) is 0 Å². The summed E-state index contributed by atoms with van der Waals surface area (Å²) in [5.74, 6) is 1.40. The van der Waals surface area contributed by atoms with Gasteiger partial charge in [0.05, 0.1) is 26.4 Å². The van der Waals surface area contributed by atoms with Crippen LogP contribution in [0.25, 0.3) is 0 Å². The maximum absolute atomic E-state index is 13.6. The lowest BCUT2D eigenvalue weighted by Crippen LogP contribution is -2.51. The standard InChI is InChI=1S/C24H28N2O5/c1-29-14-13-25-15-18-16-31-21-6-4-3-5-20(21)23(18)26(12-11-22(25)27)24(28)17-7-9-19(30-2)10-8-17/h3-10,18,23H,11-16H2,1-2H3/t18-,23-/m0/s1. The zero-order valence-electron chi connectivity index (χ0n) is 18.0. The molecule has 2 atom stereocenters. The van der Waals surface area contributed by atoms with Gasteiger partial charge in [-0.1, -0.05) is 18.2 Å². The molecule has 0 aliphatic carbocycles. The van der Waals surface area contributed by atoms with E-state index in [2.05, 4.69) is 0 Å². The van der Waals surface area contributed by atoms with Crippen molar-refractivity contribution in [3.8, 4) is 11.5 Å². The molecule has 2 aromatic carbocycles. The molecule has 0 spiro atoms. The second kappa shape index (κ2) is 9.39. The van der Waals surface area contributed by atoms with Crippen molar-refractivity contribution in [2.24, 2.45) is 5.92 Å². The summed E-state index contributed by atoms with van der Waals surface area (Å²) >= 11 is 0. The van der Waals surface area contributed by atoms with Crippen LogP contribution in [0.5, 0.6) is 11.5 Å². The molecule has 164 valence electrons. The van der Waals surface area contributed by atoms with Gasteiger partial charge in [0.15, 0.2) is 0 Å². The van der Waals surface area contributed by atoms with Gasteiger partial charge in [-0.2, -0.15) is 0 Å². The third-order valence-corrected chi connectivity index (χ3v) is 6.01. The number of hydrogen-bond donors (Lipinski definition) is 0. The number of para-hydroxylation sites is 1. The fourth-order valence-electron chi connectivity index (χ4n) is 4.42. The fraction of sp³-hybridized carbons (Fsp3) is 0.417. The number of benzene rings is 2. The van der Waals surface area contributed by atoms with E-state index in [1.165, 1.54) is 0 Å². The van der Waals surface area contributed by atoms with Crippen LogP contribution in [0.2, 0.25) is 0 Å². The maximum atomic E-state index is 13.6. The van der Waals surface area contributed by atoms with Crippen LogP contribution in [0.4, 0.5) is 0 Å². The van der Waals surface area contributed by atoms with Crippen molar-refractivity contribution in [1.29, 1.82) is 0 Å². The zero-order valence-corrected chi connectivity index (χ0v) is 18.0. The summed E-state index contributed by atoms with van der Waals surface area (Å²) in [7, 11) is 3.23. The van der Waals surface area contributed by atoms with Crippen molar-refractivity contribution in [3.05, 3.63) is 59.7 Å². The summed E-state index contributed by atoms with van der Waals surface area (Å²) < 4.78 is 16.4. The van der Waals surface area contributed by atoms with Crippen LogP contribution in [0.3, 0.4) is 0 Å². The molecule has 2 aliphatic rings. The van der Waals surface area contributed by atoms with Crippen LogP contribution in [-0.2, 0) is 9.53 Å². The largest absolute Gasteiger partial charge is 0.497 e. The molecule has 0 saturated carbocycles. The topological polar surface area (TPSA) is 68.3 Å². The summed E-state index contributed by atoms with van der Waals surface area (Å²) in [5.41, 5.74) is 1.56. The first-order valence-electron chi connectivity index (χ1n) is 10.6. The van der Waals surface area contributed by atoms with Crippen LogP contribution >= 0.6 is 0 Å². The van der Waals surface area contributed by atoms with E-state index in [-0.39, 0.29) is 30.2 Å². The van der Waals surface area contributed by atoms with Crippen LogP contribution < -0.4 is 9.47 Å². The molecule has 0 radical (unpaired) electrons. The molecule has 2 amide bonds. The van der Waals surface area contributed by atoms with Crippen LogP contribution in [0, 0.1) is 5.92 Å². The van der Waals surface area contributed by atoms with Gasteiger partial charge in [0.2, 0.25) is 5.91 Å². The minimum absolute atomic E-state index is 0.0294. The normalized spacial score (nSPS) is 20.8. The molecule has 0 unspecified atom stereocenters. The first kappa shape index (κ1) is 21.2. The quantitative estimate of drug-likeness (QED) is 0.738. The van der Waals surface area contributed by atoms with Crippen LogP contribution in [-0.4, -0.2) is 68.7 Å². The SMILES string of the molecule is COCCN1C[C@H]2COc3ccccc3[C@H]2N(C(=O)c2ccc(OC)cc2)CCC1=O. The molecule has 1 fully saturated rings. The first-order valence-corrected chi connectivity index (χ1v) is 10.6. The predicted octanol–water partition coefficient (Wildman–Crippen LogP) is 2.77. The number of ether oxygens (including phenoxy) is 3. The van der Waals surface area contributed by atoms with Crippen LogP contribution in [0.1, 0.15) is 28.4 Å². The Bertz CT molecular complexity index is 930. The maximum Gasteiger partial charge on any atom is 0.254 e. The number of carbonyl (C=O) groups is 2. The lowest BCUT2D eigenvalue weighted by atomic mass is 9.87. The van der Waals surface area contributed by atoms with Crippen molar-refractivity contribution in [2.75, 3.05) is 47.1 Å². The van der Waals surface area contributed by atoms with E-state index < -0.39 is 0 Å². The predicted molar refractivity (Wildman–Crippen MR) is 115 cm³/mol.